The van der Waals surface area contributed by atoms with Gasteiger partial charge in [-0.2, -0.15) is 0 Å². The highest BCUT2D eigenvalue weighted by Crippen LogP contribution is 2.34. The fourth-order valence-electron chi connectivity index (χ4n) is 2.49. The summed E-state index contributed by atoms with van der Waals surface area (Å²) in [7, 11) is 0. The van der Waals surface area contributed by atoms with Gasteiger partial charge < -0.3 is 10.8 Å². The molecule has 2 fully saturated rings. The third-order valence-electron chi connectivity index (χ3n) is 3.30. The zero-order chi connectivity index (χ0) is 10.3. The highest BCUT2D eigenvalue weighted by Gasteiger charge is 2.56. The van der Waals surface area contributed by atoms with Crippen molar-refractivity contribution >= 4 is 11.8 Å². The van der Waals surface area contributed by atoms with Gasteiger partial charge in [0.25, 0.3) is 0 Å². The maximum atomic E-state index is 11.6. The summed E-state index contributed by atoms with van der Waals surface area (Å²) in [6, 6.07) is 0.00775. The van der Waals surface area contributed by atoms with E-state index in [4.69, 9.17) is 10.8 Å². The Kier molecular flexibility index (Phi) is 2.08. The van der Waals surface area contributed by atoms with Gasteiger partial charge in [0.2, 0.25) is 0 Å². The number of carboxylic acids is 1. The van der Waals surface area contributed by atoms with Crippen LogP contribution in [0.5, 0.6) is 0 Å². The monoisotopic (exact) mass is 198 g/mol. The van der Waals surface area contributed by atoms with Gasteiger partial charge in [0.15, 0.2) is 11.3 Å². The Morgan fingerprint density at radius 2 is 2.36 bits per heavy atom. The van der Waals surface area contributed by atoms with Crippen molar-refractivity contribution in [3.63, 3.8) is 0 Å². The van der Waals surface area contributed by atoms with E-state index in [1.165, 1.54) is 0 Å². The molecule has 0 aromatic carbocycles. The van der Waals surface area contributed by atoms with Crippen LogP contribution in [0.15, 0.2) is 0 Å². The van der Waals surface area contributed by atoms with E-state index >= 15 is 0 Å². The minimum Gasteiger partial charge on any atom is -0.480 e. The van der Waals surface area contributed by atoms with E-state index in [1.807, 2.05) is 0 Å². The summed E-state index contributed by atoms with van der Waals surface area (Å²) >= 11 is 0. The van der Waals surface area contributed by atoms with Crippen LogP contribution in [0.3, 0.4) is 0 Å². The lowest BCUT2D eigenvalue weighted by molar-refractivity contribution is -0.156. The number of carboxylic acid groups (broad SMARTS) is 1. The van der Waals surface area contributed by atoms with Gasteiger partial charge in [0.1, 0.15) is 0 Å². The maximum absolute atomic E-state index is 11.6. The molecule has 0 radical (unpaired) electrons. The highest BCUT2D eigenvalue weighted by atomic mass is 16.4. The molecule has 0 aromatic rings. The molecule has 0 saturated carbocycles. The minimum atomic E-state index is -1.24. The molecule has 0 spiro atoms. The number of carbonyl (C=O) groups is 2. The van der Waals surface area contributed by atoms with Crippen LogP contribution in [0.2, 0.25) is 0 Å². The van der Waals surface area contributed by atoms with Crippen LogP contribution in [0.4, 0.5) is 0 Å². The van der Waals surface area contributed by atoms with E-state index < -0.39 is 11.5 Å². The smallest absolute Gasteiger partial charge is 0.331 e. The summed E-state index contributed by atoms with van der Waals surface area (Å²) in [6.07, 6.45) is 1.33. The Hall–Kier alpha value is -0.940. The largest absolute Gasteiger partial charge is 0.480 e. The standard InChI is InChI=1S/C9H14N2O3/c10-6-1-3-9(8(13)14)7(12)2-4-11(9)5-6/h6H,1-5,10H2,(H,13,14)/t6-,9-/m0/s1. The molecule has 5 heteroatoms. The molecule has 0 aromatic heterocycles. The second-order valence-corrected chi connectivity index (χ2v) is 4.08. The van der Waals surface area contributed by atoms with Gasteiger partial charge in [0, 0.05) is 25.6 Å². The Bertz CT molecular complexity index is 292. The topological polar surface area (TPSA) is 83.6 Å². The first kappa shape index (κ1) is 9.61. The molecule has 14 heavy (non-hydrogen) atoms. The Morgan fingerprint density at radius 3 is 3.00 bits per heavy atom. The zero-order valence-corrected chi connectivity index (χ0v) is 7.90. The number of piperidine rings is 1. The van der Waals surface area contributed by atoms with Crippen molar-refractivity contribution in [3.8, 4) is 0 Å². The van der Waals surface area contributed by atoms with Crippen LogP contribution >= 0.6 is 0 Å². The number of hydrogen-bond donors (Lipinski definition) is 2. The summed E-state index contributed by atoms with van der Waals surface area (Å²) in [4.78, 5) is 24.5. The molecule has 0 unspecified atom stereocenters. The lowest BCUT2D eigenvalue weighted by Gasteiger charge is -2.39. The fraction of sp³-hybridized carbons (Fsp3) is 0.778. The molecule has 5 nitrogen and oxygen atoms in total. The second-order valence-electron chi connectivity index (χ2n) is 4.08. The molecule has 0 amide bonds. The van der Waals surface area contributed by atoms with Crippen molar-refractivity contribution in [1.29, 1.82) is 0 Å². The number of rotatable bonds is 1. The van der Waals surface area contributed by atoms with Crippen LogP contribution in [0.25, 0.3) is 0 Å². The number of hydrogen-bond acceptors (Lipinski definition) is 4. The summed E-state index contributed by atoms with van der Waals surface area (Å²) in [5.74, 6) is -1.16. The molecule has 78 valence electrons. The molecule has 2 aliphatic heterocycles. The summed E-state index contributed by atoms with van der Waals surface area (Å²) in [5, 5.41) is 9.15. The van der Waals surface area contributed by atoms with E-state index in [1.54, 1.807) is 4.90 Å². The van der Waals surface area contributed by atoms with Crippen molar-refractivity contribution in [3.05, 3.63) is 0 Å². The van der Waals surface area contributed by atoms with Gasteiger partial charge in [0.05, 0.1) is 0 Å². The molecule has 2 rings (SSSR count). The van der Waals surface area contributed by atoms with Crippen molar-refractivity contribution in [1.82, 2.24) is 4.90 Å². The van der Waals surface area contributed by atoms with E-state index in [2.05, 4.69) is 0 Å². The number of Topliss-reactive ketones (excluding diaryl/α,β-unsaturated/α-hetero) is 1. The Morgan fingerprint density at radius 1 is 1.64 bits per heavy atom. The van der Waals surface area contributed by atoms with Crippen LogP contribution in [0, 0.1) is 0 Å². The van der Waals surface area contributed by atoms with Crippen molar-refractivity contribution in [2.45, 2.75) is 30.8 Å². The maximum Gasteiger partial charge on any atom is 0.331 e. The first-order valence-corrected chi connectivity index (χ1v) is 4.84. The first-order chi connectivity index (χ1) is 6.57. The molecule has 2 saturated heterocycles. The normalized spacial score (nSPS) is 38.4. The molecule has 2 atom stereocenters. The predicted octanol–water partition coefficient (Wildman–Crippen LogP) is -0.794. The third kappa shape index (κ3) is 1.09. The quantitative estimate of drug-likeness (QED) is 0.539. The second kappa shape index (κ2) is 3.03. The first-order valence-electron chi connectivity index (χ1n) is 4.84. The van der Waals surface area contributed by atoms with Gasteiger partial charge in [-0.3, -0.25) is 9.69 Å². The average molecular weight is 198 g/mol. The van der Waals surface area contributed by atoms with Gasteiger partial charge in [-0.1, -0.05) is 0 Å². The van der Waals surface area contributed by atoms with Gasteiger partial charge in [-0.25, -0.2) is 4.79 Å². The number of fused-ring (bicyclic) bond motifs is 1. The average Bonchev–Trinajstić information content (AvgIpc) is 2.44. The van der Waals surface area contributed by atoms with Crippen LogP contribution in [-0.4, -0.2) is 46.4 Å². The molecule has 3 N–H and O–H groups in total. The Balaban J connectivity index is 2.32. The predicted molar refractivity (Wildman–Crippen MR) is 48.8 cm³/mol. The summed E-state index contributed by atoms with van der Waals surface area (Å²) in [5.41, 5.74) is 4.51. The van der Waals surface area contributed by atoms with Gasteiger partial charge in [-0.05, 0) is 12.8 Å². The number of carbonyl (C=O) groups excluding carboxylic acids is 1. The van der Waals surface area contributed by atoms with E-state index in [9.17, 15) is 9.59 Å². The number of ketones is 1. The highest BCUT2D eigenvalue weighted by molar-refractivity contribution is 6.09. The molecule has 0 bridgehead atoms. The van der Waals surface area contributed by atoms with Crippen LogP contribution < -0.4 is 5.73 Å². The molecule has 2 heterocycles. The number of nitrogens with zero attached hydrogens (tertiary/aromatic N) is 1. The fourth-order valence-corrected chi connectivity index (χ4v) is 2.49. The van der Waals surface area contributed by atoms with Gasteiger partial charge >= 0.3 is 5.97 Å². The van der Waals surface area contributed by atoms with Crippen molar-refractivity contribution < 1.29 is 14.7 Å². The number of nitrogens with two attached hydrogens (primary N) is 1. The molecule has 2 aliphatic rings. The van der Waals surface area contributed by atoms with Crippen LogP contribution in [0.1, 0.15) is 19.3 Å². The van der Waals surface area contributed by atoms with Crippen molar-refractivity contribution in [2.24, 2.45) is 5.73 Å². The summed E-state index contributed by atoms with van der Waals surface area (Å²) < 4.78 is 0. The third-order valence-corrected chi connectivity index (χ3v) is 3.30. The molecular weight excluding hydrogens is 184 g/mol. The zero-order valence-electron chi connectivity index (χ0n) is 7.90. The van der Waals surface area contributed by atoms with E-state index in [0.29, 0.717) is 32.4 Å². The molecular formula is C9H14N2O3. The van der Waals surface area contributed by atoms with Crippen LogP contribution in [-0.2, 0) is 9.59 Å². The summed E-state index contributed by atoms with van der Waals surface area (Å²) in [6.45, 7) is 1.07. The Labute approximate surface area is 81.9 Å². The number of aliphatic carboxylic acids is 1. The van der Waals surface area contributed by atoms with E-state index in [0.717, 1.165) is 0 Å². The minimum absolute atomic E-state index is 0.00775. The SMILES string of the molecule is N[C@H]1CC[C@@]2(C(=O)O)C(=O)CCN2C1. The lowest BCUT2D eigenvalue weighted by Crippen LogP contribution is -2.61. The lowest BCUT2D eigenvalue weighted by atomic mass is 9.84. The van der Waals surface area contributed by atoms with E-state index in [-0.39, 0.29) is 11.8 Å². The van der Waals surface area contributed by atoms with Crippen molar-refractivity contribution in [2.75, 3.05) is 13.1 Å². The molecule has 0 aliphatic carbocycles. The van der Waals surface area contributed by atoms with Gasteiger partial charge in [-0.15, -0.1) is 0 Å².